The number of benzene rings is 2. The Balaban J connectivity index is 1.61. The summed E-state index contributed by atoms with van der Waals surface area (Å²) >= 11 is 0. The van der Waals surface area contributed by atoms with Crippen molar-refractivity contribution in [3.8, 4) is 5.75 Å². The number of allylic oxidation sites excluding steroid dienone is 2. The van der Waals surface area contributed by atoms with E-state index in [0.29, 0.717) is 17.9 Å². The van der Waals surface area contributed by atoms with Gasteiger partial charge in [0.15, 0.2) is 0 Å². The van der Waals surface area contributed by atoms with E-state index in [-0.39, 0.29) is 23.1 Å². The summed E-state index contributed by atoms with van der Waals surface area (Å²) in [5, 5.41) is 13.5. The summed E-state index contributed by atoms with van der Waals surface area (Å²) in [4.78, 5) is 34.6. The predicted octanol–water partition coefficient (Wildman–Crippen LogP) is 4.11. The Morgan fingerprint density at radius 1 is 1.11 bits per heavy atom. The van der Waals surface area contributed by atoms with Crippen LogP contribution in [0.1, 0.15) is 29.6 Å². The van der Waals surface area contributed by atoms with Gasteiger partial charge in [-0.3, -0.25) is 19.7 Å². The zero-order valence-corrected chi connectivity index (χ0v) is 14.5. The molecule has 0 radical (unpaired) electrons. The number of carbonyl (C=O) groups excluding carboxylic acids is 2. The number of nitro benzene ring substituents is 1. The van der Waals surface area contributed by atoms with Gasteiger partial charge in [-0.2, -0.15) is 0 Å². The molecule has 1 atom stereocenters. The molecule has 0 aliphatic heterocycles. The van der Waals surface area contributed by atoms with E-state index in [1.807, 2.05) is 6.08 Å². The predicted molar refractivity (Wildman–Crippen MR) is 99.6 cm³/mol. The maximum atomic E-state index is 12.2. The fourth-order valence-electron chi connectivity index (χ4n) is 2.78. The van der Waals surface area contributed by atoms with Crippen molar-refractivity contribution in [3.05, 3.63) is 76.4 Å². The second-order valence-electron chi connectivity index (χ2n) is 6.19. The lowest BCUT2D eigenvalue weighted by Gasteiger charge is -2.16. The van der Waals surface area contributed by atoms with Gasteiger partial charge >= 0.3 is 5.97 Å². The molecule has 0 bridgehead atoms. The Hall–Kier alpha value is -3.48. The monoisotopic (exact) mass is 366 g/mol. The molecule has 0 heterocycles. The number of amides is 1. The third-order valence-electron chi connectivity index (χ3n) is 4.25. The first-order chi connectivity index (χ1) is 13.0. The van der Waals surface area contributed by atoms with Gasteiger partial charge in [-0.05, 0) is 49.6 Å². The summed E-state index contributed by atoms with van der Waals surface area (Å²) in [6.07, 6.45) is 6.40. The van der Waals surface area contributed by atoms with Gasteiger partial charge in [-0.15, -0.1) is 0 Å². The van der Waals surface area contributed by atoms with E-state index in [4.69, 9.17) is 4.74 Å². The molecule has 138 valence electrons. The smallest absolute Gasteiger partial charge is 0.314 e. The minimum atomic E-state index is -0.554. The zero-order chi connectivity index (χ0) is 19.2. The number of non-ortho nitro benzene ring substituents is 1. The number of nitrogens with one attached hydrogen (secondary N) is 1. The summed E-state index contributed by atoms with van der Waals surface area (Å²) in [5.74, 6) is -0.434. The first kappa shape index (κ1) is 18.3. The topological polar surface area (TPSA) is 98.5 Å². The molecule has 1 aliphatic carbocycles. The first-order valence-corrected chi connectivity index (χ1v) is 8.55. The molecule has 2 aromatic carbocycles. The minimum Gasteiger partial charge on any atom is -0.426 e. The molecule has 0 spiro atoms. The number of hydrogen-bond donors (Lipinski definition) is 1. The Kier molecular flexibility index (Phi) is 5.61. The lowest BCUT2D eigenvalue weighted by molar-refractivity contribution is -0.384. The standard InChI is InChI=1S/C20H18N2O5/c23-19(15-7-4-8-17(13-15)22(25)26)21-16-9-11-18(12-10-16)27-20(24)14-5-2-1-3-6-14/h1-2,4,7-14H,3,5-6H2,(H,21,23)/t14-/m1/s1. The molecule has 0 fully saturated rings. The van der Waals surface area contributed by atoms with E-state index in [0.717, 1.165) is 12.8 Å². The van der Waals surface area contributed by atoms with Crippen molar-refractivity contribution in [3.63, 3.8) is 0 Å². The molecule has 2 aromatic rings. The van der Waals surface area contributed by atoms with E-state index < -0.39 is 10.8 Å². The van der Waals surface area contributed by atoms with Crippen LogP contribution in [0.3, 0.4) is 0 Å². The first-order valence-electron chi connectivity index (χ1n) is 8.55. The number of nitro groups is 1. The molecule has 1 N–H and O–H groups in total. The molecular formula is C20H18N2O5. The summed E-state index contributed by atoms with van der Waals surface area (Å²) < 4.78 is 5.38. The van der Waals surface area contributed by atoms with E-state index in [1.54, 1.807) is 24.3 Å². The van der Waals surface area contributed by atoms with Crippen LogP contribution in [0.4, 0.5) is 11.4 Å². The van der Waals surface area contributed by atoms with Crippen molar-refractivity contribution in [2.24, 2.45) is 5.92 Å². The number of ether oxygens (including phenoxy) is 1. The van der Waals surface area contributed by atoms with Crippen molar-refractivity contribution in [2.75, 3.05) is 5.32 Å². The van der Waals surface area contributed by atoms with Gasteiger partial charge in [0.25, 0.3) is 11.6 Å². The van der Waals surface area contributed by atoms with Crippen molar-refractivity contribution in [2.45, 2.75) is 19.3 Å². The van der Waals surface area contributed by atoms with Gasteiger partial charge in [0.05, 0.1) is 10.8 Å². The normalized spacial score (nSPS) is 15.8. The highest BCUT2D eigenvalue weighted by Crippen LogP contribution is 2.23. The van der Waals surface area contributed by atoms with E-state index >= 15 is 0 Å². The quantitative estimate of drug-likeness (QED) is 0.282. The molecule has 0 saturated carbocycles. The summed E-state index contributed by atoms with van der Waals surface area (Å²) in [5.41, 5.74) is 0.527. The molecule has 0 unspecified atom stereocenters. The third kappa shape index (κ3) is 4.78. The maximum Gasteiger partial charge on any atom is 0.314 e. The Bertz CT molecular complexity index is 890. The van der Waals surface area contributed by atoms with Crippen LogP contribution in [0.25, 0.3) is 0 Å². The van der Waals surface area contributed by atoms with E-state index in [2.05, 4.69) is 11.4 Å². The number of rotatable bonds is 5. The SMILES string of the molecule is O=C(Nc1ccc(OC(=O)[C@@H]2CC=CCC2)cc1)c1cccc([N+](=O)[O-])c1. The minimum absolute atomic E-state index is 0.122. The fourth-order valence-corrected chi connectivity index (χ4v) is 2.78. The summed E-state index contributed by atoms with van der Waals surface area (Å²) in [6.45, 7) is 0. The summed E-state index contributed by atoms with van der Waals surface area (Å²) in [7, 11) is 0. The maximum absolute atomic E-state index is 12.2. The number of anilines is 1. The van der Waals surface area contributed by atoms with E-state index in [9.17, 15) is 19.7 Å². The molecule has 1 aliphatic rings. The van der Waals surface area contributed by atoms with Crippen LogP contribution in [0.15, 0.2) is 60.7 Å². The molecule has 0 saturated heterocycles. The van der Waals surface area contributed by atoms with Gasteiger partial charge in [0, 0.05) is 23.4 Å². The van der Waals surface area contributed by atoms with Gasteiger partial charge in [-0.25, -0.2) is 0 Å². The molecule has 7 heteroatoms. The molecule has 27 heavy (non-hydrogen) atoms. The second-order valence-corrected chi connectivity index (χ2v) is 6.19. The van der Waals surface area contributed by atoms with Gasteiger partial charge in [-0.1, -0.05) is 18.2 Å². The van der Waals surface area contributed by atoms with E-state index in [1.165, 1.54) is 24.3 Å². The highest BCUT2D eigenvalue weighted by atomic mass is 16.6. The highest BCUT2D eigenvalue weighted by molar-refractivity contribution is 6.04. The van der Waals surface area contributed by atoms with Gasteiger partial charge in [0.2, 0.25) is 0 Å². The Morgan fingerprint density at radius 3 is 2.56 bits per heavy atom. The fraction of sp³-hybridized carbons (Fsp3) is 0.200. The Morgan fingerprint density at radius 2 is 1.89 bits per heavy atom. The molecule has 0 aromatic heterocycles. The lowest BCUT2D eigenvalue weighted by atomic mass is 9.95. The summed E-state index contributed by atoms with van der Waals surface area (Å²) in [6, 6.07) is 11.9. The molecule has 1 amide bonds. The van der Waals surface area contributed by atoms with Crippen molar-refractivity contribution < 1.29 is 19.2 Å². The molecular weight excluding hydrogens is 348 g/mol. The average molecular weight is 366 g/mol. The van der Waals surface area contributed by atoms with Crippen LogP contribution in [0, 0.1) is 16.0 Å². The van der Waals surface area contributed by atoms with Gasteiger partial charge in [0.1, 0.15) is 5.75 Å². The van der Waals surface area contributed by atoms with Crippen LogP contribution in [0.2, 0.25) is 0 Å². The van der Waals surface area contributed by atoms with Gasteiger partial charge < -0.3 is 10.1 Å². The third-order valence-corrected chi connectivity index (χ3v) is 4.25. The van der Waals surface area contributed by atoms with Crippen LogP contribution < -0.4 is 10.1 Å². The van der Waals surface area contributed by atoms with Crippen molar-refractivity contribution in [1.29, 1.82) is 0 Å². The second kappa shape index (κ2) is 8.27. The lowest BCUT2D eigenvalue weighted by Crippen LogP contribution is -2.21. The zero-order valence-electron chi connectivity index (χ0n) is 14.5. The number of carbonyl (C=O) groups is 2. The largest absolute Gasteiger partial charge is 0.426 e. The van der Waals surface area contributed by atoms with Crippen molar-refractivity contribution in [1.82, 2.24) is 0 Å². The molecule has 3 rings (SSSR count). The number of hydrogen-bond acceptors (Lipinski definition) is 5. The molecule has 7 nitrogen and oxygen atoms in total. The number of nitrogens with zero attached hydrogens (tertiary/aromatic N) is 1. The highest BCUT2D eigenvalue weighted by Gasteiger charge is 2.20. The van der Waals surface area contributed by atoms with Crippen molar-refractivity contribution >= 4 is 23.3 Å². The average Bonchev–Trinajstić information content (AvgIpc) is 2.70. The van der Waals surface area contributed by atoms with Crippen LogP contribution in [0.5, 0.6) is 5.75 Å². The van der Waals surface area contributed by atoms with Crippen LogP contribution in [-0.4, -0.2) is 16.8 Å². The van der Waals surface area contributed by atoms with Crippen LogP contribution >= 0.6 is 0 Å². The number of esters is 1. The van der Waals surface area contributed by atoms with Crippen LogP contribution in [-0.2, 0) is 4.79 Å². The Labute approximate surface area is 155 Å².